The molecule has 0 fully saturated rings. The lowest BCUT2D eigenvalue weighted by molar-refractivity contribution is 0.101. The SMILES string of the molecule is CC(=O)c1ccc(S(=O)(=O)NCCCc2ccccc2)cc1. The normalized spacial score (nSPS) is 11.3. The molecule has 22 heavy (non-hydrogen) atoms. The fraction of sp³-hybridized carbons (Fsp3) is 0.235. The van der Waals surface area contributed by atoms with Crippen LogP contribution in [0.15, 0.2) is 59.5 Å². The first-order chi connectivity index (χ1) is 10.5. The number of carbonyl (C=O) groups is 1. The second-order valence-electron chi connectivity index (χ2n) is 5.07. The van der Waals surface area contributed by atoms with E-state index in [9.17, 15) is 13.2 Å². The number of benzene rings is 2. The van der Waals surface area contributed by atoms with Gasteiger partial charge in [-0.05, 0) is 37.5 Å². The third kappa shape index (κ3) is 4.51. The molecule has 0 amide bonds. The van der Waals surface area contributed by atoms with E-state index in [4.69, 9.17) is 0 Å². The largest absolute Gasteiger partial charge is 0.295 e. The molecule has 0 unspecified atom stereocenters. The Hall–Kier alpha value is -1.98. The molecular formula is C17H19NO3S. The molecule has 0 heterocycles. The zero-order valence-corrected chi connectivity index (χ0v) is 13.3. The van der Waals surface area contributed by atoms with Crippen LogP contribution in [0.4, 0.5) is 0 Å². The van der Waals surface area contributed by atoms with E-state index >= 15 is 0 Å². The van der Waals surface area contributed by atoms with Crippen molar-refractivity contribution in [3.8, 4) is 0 Å². The monoisotopic (exact) mass is 317 g/mol. The molecule has 0 spiro atoms. The van der Waals surface area contributed by atoms with E-state index in [2.05, 4.69) is 4.72 Å². The molecule has 116 valence electrons. The van der Waals surface area contributed by atoms with Gasteiger partial charge in [0.1, 0.15) is 0 Å². The fourth-order valence-electron chi connectivity index (χ4n) is 2.10. The van der Waals surface area contributed by atoms with Gasteiger partial charge in [0.15, 0.2) is 5.78 Å². The Morgan fingerprint density at radius 2 is 1.64 bits per heavy atom. The number of Topliss-reactive ketones (excluding diaryl/α,β-unsaturated/α-hetero) is 1. The van der Waals surface area contributed by atoms with Crippen molar-refractivity contribution in [2.75, 3.05) is 6.54 Å². The molecule has 2 aromatic rings. The summed E-state index contributed by atoms with van der Waals surface area (Å²) in [6.45, 7) is 1.83. The zero-order chi connectivity index (χ0) is 16.0. The number of aryl methyl sites for hydroxylation is 1. The summed E-state index contributed by atoms with van der Waals surface area (Å²) < 4.78 is 26.8. The van der Waals surface area contributed by atoms with Gasteiger partial charge >= 0.3 is 0 Å². The first-order valence-corrected chi connectivity index (χ1v) is 8.62. The van der Waals surface area contributed by atoms with Gasteiger partial charge in [-0.3, -0.25) is 4.79 Å². The fourth-order valence-corrected chi connectivity index (χ4v) is 3.17. The van der Waals surface area contributed by atoms with Gasteiger partial charge in [-0.2, -0.15) is 0 Å². The van der Waals surface area contributed by atoms with E-state index < -0.39 is 10.0 Å². The van der Waals surface area contributed by atoms with Crippen LogP contribution in [-0.4, -0.2) is 20.7 Å². The van der Waals surface area contributed by atoms with E-state index in [1.165, 1.54) is 36.8 Å². The lowest BCUT2D eigenvalue weighted by Crippen LogP contribution is -2.25. The standard InChI is InChI=1S/C17H19NO3S/c1-14(19)16-9-11-17(12-10-16)22(20,21)18-13-5-8-15-6-3-2-4-7-15/h2-4,6-7,9-12,18H,5,8,13H2,1H3. The van der Waals surface area contributed by atoms with Crippen LogP contribution in [-0.2, 0) is 16.4 Å². The molecule has 5 heteroatoms. The molecule has 0 aliphatic rings. The predicted molar refractivity (Wildman–Crippen MR) is 86.4 cm³/mol. The Morgan fingerprint density at radius 1 is 1.00 bits per heavy atom. The van der Waals surface area contributed by atoms with Gasteiger partial charge < -0.3 is 0 Å². The molecule has 0 aliphatic heterocycles. The molecule has 0 radical (unpaired) electrons. The maximum absolute atomic E-state index is 12.1. The van der Waals surface area contributed by atoms with Crippen LogP contribution in [0, 0.1) is 0 Å². The molecule has 0 aliphatic carbocycles. The number of carbonyl (C=O) groups excluding carboxylic acids is 1. The highest BCUT2D eigenvalue weighted by Crippen LogP contribution is 2.11. The molecule has 2 rings (SSSR count). The summed E-state index contributed by atoms with van der Waals surface area (Å²) in [5.74, 6) is -0.0835. The molecule has 0 aromatic heterocycles. The molecule has 0 saturated carbocycles. The lowest BCUT2D eigenvalue weighted by Gasteiger charge is -2.07. The maximum atomic E-state index is 12.1. The van der Waals surface area contributed by atoms with Crippen LogP contribution in [0.3, 0.4) is 0 Å². The van der Waals surface area contributed by atoms with E-state index in [-0.39, 0.29) is 10.7 Å². The Balaban J connectivity index is 1.89. The minimum Gasteiger partial charge on any atom is -0.295 e. The Kier molecular flexibility index (Phi) is 5.46. The minimum absolute atomic E-state index is 0.0835. The van der Waals surface area contributed by atoms with Crippen molar-refractivity contribution in [2.24, 2.45) is 0 Å². The Bertz CT molecular complexity index is 722. The first kappa shape index (κ1) is 16.4. The molecule has 0 bridgehead atoms. The van der Waals surface area contributed by atoms with Crippen LogP contribution in [0.2, 0.25) is 0 Å². The summed E-state index contributed by atoms with van der Waals surface area (Å²) >= 11 is 0. The smallest absolute Gasteiger partial charge is 0.240 e. The highest BCUT2D eigenvalue weighted by atomic mass is 32.2. The molecule has 0 atom stereocenters. The number of ketones is 1. The molecule has 2 aromatic carbocycles. The number of nitrogens with one attached hydrogen (secondary N) is 1. The van der Waals surface area contributed by atoms with Gasteiger partial charge in [-0.15, -0.1) is 0 Å². The molecule has 0 saturated heterocycles. The quantitative estimate of drug-likeness (QED) is 0.631. The summed E-state index contributed by atoms with van der Waals surface area (Å²) in [6, 6.07) is 15.9. The Labute approximate surface area is 131 Å². The summed E-state index contributed by atoms with van der Waals surface area (Å²) in [6.07, 6.45) is 1.56. The highest BCUT2D eigenvalue weighted by Gasteiger charge is 2.13. The maximum Gasteiger partial charge on any atom is 0.240 e. The van der Waals surface area contributed by atoms with Crippen molar-refractivity contribution in [3.63, 3.8) is 0 Å². The van der Waals surface area contributed by atoms with Crippen molar-refractivity contribution < 1.29 is 13.2 Å². The minimum atomic E-state index is -3.52. The van der Waals surface area contributed by atoms with Crippen LogP contribution >= 0.6 is 0 Å². The average molecular weight is 317 g/mol. The number of sulfonamides is 1. The van der Waals surface area contributed by atoms with E-state index in [1.807, 2.05) is 30.3 Å². The van der Waals surface area contributed by atoms with Crippen molar-refractivity contribution in [2.45, 2.75) is 24.7 Å². The van der Waals surface area contributed by atoms with Crippen molar-refractivity contribution in [1.29, 1.82) is 0 Å². The van der Waals surface area contributed by atoms with Crippen molar-refractivity contribution >= 4 is 15.8 Å². The number of hydrogen-bond acceptors (Lipinski definition) is 3. The van der Waals surface area contributed by atoms with Gasteiger partial charge in [0.05, 0.1) is 4.90 Å². The second-order valence-corrected chi connectivity index (χ2v) is 6.83. The third-order valence-electron chi connectivity index (χ3n) is 3.35. The second kappa shape index (κ2) is 7.33. The topological polar surface area (TPSA) is 63.2 Å². The molecule has 1 N–H and O–H groups in total. The number of rotatable bonds is 7. The third-order valence-corrected chi connectivity index (χ3v) is 4.83. The van der Waals surface area contributed by atoms with Gasteiger partial charge in [0, 0.05) is 12.1 Å². The van der Waals surface area contributed by atoms with Gasteiger partial charge in [0.25, 0.3) is 0 Å². The molecular weight excluding hydrogens is 298 g/mol. The van der Waals surface area contributed by atoms with Crippen molar-refractivity contribution in [1.82, 2.24) is 4.72 Å². The predicted octanol–water partition coefficient (Wildman–Crippen LogP) is 2.80. The summed E-state index contributed by atoms with van der Waals surface area (Å²) in [4.78, 5) is 11.4. The van der Waals surface area contributed by atoms with E-state index in [0.717, 1.165) is 12.8 Å². The van der Waals surface area contributed by atoms with Crippen LogP contribution in [0.1, 0.15) is 29.3 Å². The van der Waals surface area contributed by atoms with Gasteiger partial charge in [0.2, 0.25) is 10.0 Å². The summed E-state index contributed by atoms with van der Waals surface area (Å²) in [5.41, 5.74) is 1.69. The van der Waals surface area contributed by atoms with Crippen LogP contribution in [0.25, 0.3) is 0 Å². The summed E-state index contributed by atoms with van der Waals surface area (Å²) in [5, 5.41) is 0. The van der Waals surface area contributed by atoms with Crippen molar-refractivity contribution in [3.05, 3.63) is 65.7 Å². The van der Waals surface area contributed by atoms with E-state index in [1.54, 1.807) is 0 Å². The van der Waals surface area contributed by atoms with Crippen LogP contribution in [0.5, 0.6) is 0 Å². The van der Waals surface area contributed by atoms with E-state index in [0.29, 0.717) is 12.1 Å². The summed E-state index contributed by atoms with van der Waals surface area (Å²) in [7, 11) is -3.52. The van der Waals surface area contributed by atoms with Crippen LogP contribution < -0.4 is 4.72 Å². The lowest BCUT2D eigenvalue weighted by atomic mass is 10.1. The average Bonchev–Trinajstić information content (AvgIpc) is 2.53. The number of hydrogen-bond donors (Lipinski definition) is 1. The zero-order valence-electron chi connectivity index (χ0n) is 12.5. The van der Waals surface area contributed by atoms with Gasteiger partial charge in [-0.1, -0.05) is 42.5 Å². The Morgan fingerprint density at radius 3 is 2.23 bits per heavy atom. The first-order valence-electron chi connectivity index (χ1n) is 7.13. The van der Waals surface area contributed by atoms with Gasteiger partial charge in [-0.25, -0.2) is 13.1 Å². The highest BCUT2D eigenvalue weighted by molar-refractivity contribution is 7.89. The molecule has 4 nitrogen and oxygen atoms in total.